The van der Waals surface area contributed by atoms with E-state index in [4.69, 9.17) is 4.42 Å². The summed E-state index contributed by atoms with van der Waals surface area (Å²) < 4.78 is 8.86. The van der Waals surface area contributed by atoms with Crippen molar-refractivity contribution in [2.24, 2.45) is 5.92 Å². The van der Waals surface area contributed by atoms with E-state index in [-0.39, 0.29) is 0 Å². The molecule has 0 saturated carbocycles. The van der Waals surface area contributed by atoms with Crippen LogP contribution in [0.2, 0.25) is 0 Å². The van der Waals surface area contributed by atoms with E-state index in [2.05, 4.69) is 168 Å². The van der Waals surface area contributed by atoms with Crippen LogP contribution in [0.1, 0.15) is 59.2 Å². The topological polar surface area (TPSA) is 21.3 Å². The molecule has 8 aromatic rings. The Labute approximate surface area is 314 Å². The molecule has 258 valence electrons. The lowest BCUT2D eigenvalue weighted by molar-refractivity contribution is 0.669. The second kappa shape index (κ2) is 11.3. The van der Waals surface area contributed by atoms with Gasteiger partial charge in [0.1, 0.15) is 11.2 Å². The minimum atomic E-state index is 0.298. The van der Waals surface area contributed by atoms with Gasteiger partial charge in [0.25, 0.3) is 0 Å². The molecule has 3 heteroatoms. The van der Waals surface area contributed by atoms with Crippen LogP contribution in [0.4, 0.5) is 11.4 Å². The van der Waals surface area contributed by atoms with Crippen LogP contribution in [-0.4, -0.2) is 4.57 Å². The van der Waals surface area contributed by atoms with Crippen molar-refractivity contribution in [2.75, 3.05) is 4.90 Å². The number of rotatable bonds is 4. The molecular weight excluding hydrogens is 657 g/mol. The summed E-state index contributed by atoms with van der Waals surface area (Å²) in [6.45, 7) is 2.32. The first kappa shape index (κ1) is 30.2. The summed E-state index contributed by atoms with van der Waals surface area (Å²) in [5.41, 5.74) is 17.8. The van der Waals surface area contributed by atoms with E-state index in [1.54, 1.807) is 0 Å². The van der Waals surface area contributed by atoms with E-state index >= 15 is 0 Å². The van der Waals surface area contributed by atoms with Gasteiger partial charge < -0.3 is 13.9 Å². The van der Waals surface area contributed by atoms with Crippen molar-refractivity contribution in [1.82, 2.24) is 4.57 Å². The maximum absolute atomic E-state index is 6.36. The number of aryl methyl sites for hydroxylation is 1. The molecule has 0 amide bonds. The molecule has 4 aliphatic rings. The van der Waals surface area contributed by atoms with Gasteiger partial charge in [-0.25, -0.2) is 0 Å². The number of hydrogen-bond donors (Lipinski definition) is 0. The number of furan rings is 1. The van der Waals surface area contributed by atoms with Gasteiger partial charge in [0, 0.05) is 50.4 Å². The highest BCUT2D eigenvalue weighted by Gasteiger charge is 2.37. The summed E-state index contributed by atoms with van der Waals surface area (Å²) in [4.78, 5) is 2.55. The minimum Gasteiger partial charge on any atom is -0.456 e. The second-order valence-corrected chi connectivity index (χ2v) is 15.6. The lowest BCUT2D eigenvalue weighted by atomic mass is 9.83. The Morgan fingerprint density at radius 1 is 0.704 bits per heavy atom. The number of anilines is 2. The third-order valence-electron chi connectivity index (χ3n) is 12.4. The molecule has 0 aliphatic heterocycles. The predicted octanol–water partition coefficient (Wildman–Crippen LogP) is 13.5. The normalized spacial score (nSPS) is 18.2. The maximum atomic E-state index is 6.36. The average molecular weight is 695 g/mol. The van der Waals surface area contributed by atoms with Gasteiger partial charge in [-0.15, -0.1) is 0 Å². The zero-order valence-corrected chi connectivity index (χ0v) is 30.2. The number of nitrogens with zero attached hydrogens (tertiary/aromatic N) is 2. The third kappa shape index (κ3) is 4.24. The zero-order chi connectivity index (χ0) is 35.5. The van der Waals surface area contributed by atoms with E-state index in [0.29, 0.717) is 11.8 Å². The fourth-order valence-corrected chi connectivity index (χ4v) is 10.1. The fraction of sp³-hybridized carbons (Fsp3) is 0.137. The molecule has 2 atom stereocenters. The molecule has 4 aliphatic carbocycles. The molecule has 54 heavy (non-hydrogen) atoms. The molecule has 0 fully saturated rings. The Balaban J connectivity index is 1.16. The summed E-state index contributed by atoms with van der Waals surface area (Å²) in [5, 5.41) is 6.37. The van der Waals surface area contributed by atoms with Crippen molar-refractivity contribution in [2.45, 2.75) is 38.5 Å². The molecule has 0 radical (unpaired) electrons. The van der Waals surface area contributed by atoms with Crippen molar-refractivity contribution in [3.05, 3.63) is 179 Å². The molecule has 0 saturated heterocycles. The summed E-state index contributed by atoms with van der Waals surface area (Å²) >= 11 is 0. The molecular formula is C51H38N2O. The quantitative estimate of drug-likeness (QED) is 0.183. The van der Waals surface area contributed by atoms with Crippen molar-refractivity contribution < 1.29 is 4.42 Å². The summed E-state index contributed by atoms with van der Waals surface area (Å²) in [6.07, 6.45) is 18.5. The molecule has 3 nitrogen and oxygen atoms in total. The lowest BCUT2D eigenvalue weighted by Crippen LogP contribution is -2.20. The first-order valence-corrected chi connectivity index (χ1v) is 19.5. The van der Waals surface area contributed by atoms with E-state index < -0.39 is 0 Å². The third-order valence-corrected chi connectivity index (χ3v) is 12.4. The van der Waals surface area contributed by atoms with Crippen LogP contribution in [0.25, 0.3) is 67.0 Å². The maximum Gasteiger partial charge on any atom is 0.135 e. The molecule has 12 rings (SSSR count). The van der Waals surface area contributed by atoms with Gasteiger partial charge >= 0.3 is 0 Å². The zero-order valence-electron chi connectivity index (χ0n) is 30.2. The van der Waals surface area contributed by atoms with Gasteiger partial charge in [0.15, 0.2) is 0 Å². The van der Waals surface area contributed by atoms with Gasteiger partial charge in [-0.3, -0.25) is 0 Å². The Morgan fingerprint density at radius 2 is 1.54 bits per heavy atom. The highest BCUT2D eigenvalue weighted by atomic mass is 16.3. The first-order valence-electron chi connectivity index (χ1n) is 19.5. The summed E-state index contributed by atoms with van der Waals surface area (Å²) in [5.74, 6) is 0.784. The van der Waals surface area contributed by atoms with Crippen molar-refractivity contribution in [1.29, 1.82) is 0 Å². The van der Waals surface area contributed by atoms with E-state index in [0.717, 1.165) is 59.0 Å². The minimum absolute atomic E-state index is 0.298. The smallest absolute Gasteiger partial charge is 0.135 e. The molecule has 0 spiro atoms. The van der Waals surface area contributed by atoms with Crippen LogP contribution in [0.3, 0.4) is 0 Å². The van der Waals surface area contributed by atoms with E-state index in [1.165, 1.54) is 72.1 Å². The second-order valence-electron chi connectivity index (χ2n) is 15.6. The molecule has 0 bridgehead atoms. The number of aromatic nitrogens is 1. The number of fused-ring (bicyclic) bond motifs is 11. The molecule has 0 N–H and O–H groups in total. The van der Waals surface area contributed by atoms with Gasteiger partial charge in [0.2, 0.25) is 0 Å². The number of benzene rings is 6. The molecule has 2 heterocycles. The van der Waals surface area contributed by atoms with Crippen molar-refractivity contribution in [3.8, 4) is 5.69 Å². The Bertz CT molecular complexity index is 3020. The van der Waals surface area contributed by atoms with Crippen LogP contribution in [0.5, 0.6) is 0 Å². The Kier molecular flexibility index (Phi) is 6.34. The largest absolute Gasteiger partial charge is 0.456 e. The van der Waals surface area contributed by atoms with Crippen LogP contribution in [0.15, 0.2) is 150 Å². The lowest BCUT2D eigenvalue weighted by Gasteiger charge is -2.32. The monoisotopic (exact) mass is 694 g/mol. The van der Waals surface area contributed by atoms with Gasteiger partial charge in [0.05, 0.1) is 11.2 Å². The highest BCUT2D eigenvalue weighted by Crippen LogP contribution is 2.55. The van der Waals surface area contributed by atoms with E-state index in [1.807, 2.05) is 0 Å². The van der Waals surface area contributed by atoms with Gasteiger partial charge in [-0.05, 0) is 131 Å². The highest BCUT2D eigenvalue weighted by molar-refractivity contribution is 6.10. The Morgan fingerprint density at radius 3 is 2.46 bits per heavy atom. The average Bonchev–Trinajstić information content (AvgIpc) is 3.87. The molecule has 6 aromatic carbocycles. The SMILES string of the molecule is CC1C=Cc2c(n(-c3ccccc3)c3ccc(N(C4=C5c6c7c(cc8cccc(c68)C5CC=C4)CCC=C7)c4ccc5oc6ccccc6c5c4)cc23)C1. The Hall–Kier alpha value is -6.32. The standard InChI is InChI=1S/C51H38N2O/c1-31-21-24-38-42-29-35(22-25-44(42)53(46(38)27-31)34-13-3-2-4-14-34)52(36-23-26-48-43(30-36)39-16-7-8-20-47(39)54-48)45-19-10-18-41-40-17-9-12-33-28-32-11-5-6-15-37(32)51(49(33)40)50(41)45/h2-4,6-10,12-17,19-26,28-31,41H,5,11,18,27H2,1H3. The van der Waals surface area contributed by atoms with Gasteiger partial charge in [-0.1, -0.05) is 98.0 Å². The van der Waals surface area contributed by atoms with Crippen LogP contribution >= 0.6 is 0 Å². The van der Waals surface area contributed by atoms with Crippen LogP contribution in [-0.2, 0) is 12.8 Å². The van der Waals surface area contributed by atoms with Crippen molar-refractivity contribution in [3.63, 3.8) is 0 Å². The van der Waals surface area contributed by atoms with E-state index in [9.17, 15) is 0 Å². The number of hydrogen-bond acceptors (Lipinski definition) is 2. The first-order chi connectivity index (χ1) is 26.7. The predicted molar refractivity (Wildman–Crippen MR) is 226 cm³/mol. The summed E-state index contributed by atoms with van der Waals surface area (Å²) in [7, 11) is 0. The van der Waals surface area contributed by atoms with Gasteiger partial charge in [-0.2, -0.15) is 0 Å². The van der Waals surface area contributed by atoms with Crippen molar-refractivity contribution >= 4 is 72.7 Å². The molecule has 2 unspecified atom stereocenters. The fourth-order valence-electron chi connectivity index (χ4n) is 10.1. The number of allylic oxidation sites excluding steroid dienone is 5. The molecule has 2 aromatic heterocycles. The number of para-hydroxylation sites is 2. The van der Waals surface area contributed by atoms with Crippen LogP contribution in [0, 0.1) is 5.92 Å². The summed E-state index contributed by atoms with van der Waals surface area (Å²) in [6, 6.07) is 42.6. The van der Waals surface area contributed by atoms with Crippen LogP contribution < -0.4 is 4.90 Å².